The number of hydrogen-bond donors (Lipinski definition) is 4. The number of hydrogen-bond acceptors (Lipinski definition) is 15. The fourth-order valence-corrected chi connectivity index (χ4v) is 12.3. The van der Waals surface area contributed by atoms with Gasteiger partial charge in [0, 0.05) is 100.0 Å². The summed E-state index contributed by atoms with van der Waals surface area (Å²) in [5.41, 5.74) is 5.51. The first-order valence-corrected chi connectivity index (χ1v) is 31.9. The third kappa shape index (κ3) is 22.7. The van der Waals surface area contributed by atoms with E-state index in [2.05, 4.69) is 15.5 Å². The number of nitrogens with one attached hydrogen (secondary N) is 2. The predicted octanol–water partition coefficient (Wildman–Crippen LogP) is 8.32. The van der Waals surface area contributed by atoms with Crippen LogP contribution in [0.1, 0.15) is 205 Å². The topological polar surface area (TPSA) is 290 Å². The van der Waals surface area contributed by atoms with E-state index in [1.165, 1.54) is 19.1 Å². The van der Waals surface area contributed by atoms with Crippen LogP contribution in [0.2, 0.25) is 0 Å². The lowest BCUT2D eigenvalue weighted by molar-refractivity contribution is -0.150. The van der Waals surface area contributed by atoms with Crippen LogP contribution in [0.4, 0.5) is 0 Å². The maximum atomic E-state index is 14.7. The van der Waals surface area contributed by atoms with Crippen molar-refractivity contribution in [1.82, 2.24) is 30.3 Å². The quantitative estimate of drug-likeness (QED) is 0.0278. The summed E-state index contributed by atoms with van der Waals surface area (Å²) >= 11 is 1.13. The van der Waals surface area contributed by atoms with Gasteiger partial charge in [-0.1, -0.05) is 92.0 Å². The number of benzene rings is 1. The summed E-state index contributed by atoms with van der Waals surface area (Å²) in [7, 11) is 1.96. The molecule has 0 bridgehead atoms. The Hall–Kier alpha value is -6.48. The fourth-order valence-electron chi connectivity index (χ4n) is 11.4. The van der Waals surface area contributed by atoms with Gasteiger partial charge in [0.05, 0.1) is 17.5 Å². The lowest BCUT2D eigenvalue weighted by Crippen LogP contribution is -2.50. The lowest BCUT2D eigenvalue weighted by Gasteiger charge is -2.39. The Labute approximate surface area is 512 Å². The smallest absolute Gasteiger partial charge is 0.309 e. The number of piperidine rings is 1. The van der Waals surface area contributed by atoms with Gasteiger partial charge in [0.15, 0.2) is 17.7 Å². The van der Waals surface area contributed by atoms with E-state index in [4.69, 9.17) is 15.5 Å². The number of carboxylic acid groups (broad SMARTS) is 1. The van der Waals surface area contributed by atoms with Gasteiger partial charge in [-0.3, -0.25) is 62.5 Å². The number of carbonyl (C=O) groups is 11. The zero-order valence-corrected chi connectivity index (χ0v) is 53.6. The van der Waals surface area contributed by atoms with Crippen LogP contribution < -0.4 is 16.4 Å². The number of likely N-dealkylation sites (tertiary alicyclic amines) is 1. The van der Waals surface area contributed by atoms with Gasteiger partial charge in [-0.2, -0.15) is 0 Å². The Morgan fingerprint density at radius 1 is 0.837 bits per heavy atom. The van der Waals surface area contributed by atoms with E-state index in [1.807, 2.05) is 60.4 Å². The lowest BCUT2D eigenvalue weighted by atomic mass is 9.83. The molecule has 1 aromatic carbocycles. The number of primary amides is 1. The highest BCUT2D eigenvalue weighted by atomic mass is 32.1. The number of amides is 6. The standard InChI is InChI=1S/C65H97N7O13S/c1-12-30-71(63(82)49(41(4)5)36-55(76)52-22-17-19-31-70(52)11)53(42(6)7)37-56(85-43(8)73)62-69-51(39-86-62)61(81)67-46(38-65(9,10)64(83)84)33-44-24-26-45(27-25-44)34-54(75)50(21-15-16-23-57(66)77)68-60(80)48(40(2)3)35-47(74)20-14-13-18-32-72-58(78)28-29-59(72)79/h24-29,39-42,46,48-50,52-53,56H,12-23,30-38H2,1-11H3,(H2,66,77)(H,67,81)(H,68,80)(H,83,84)/t46-,48-,49-,50-,52+,53+,56+/m0/s1. The van der Waals surface area contributed by atoms with Gasteiger partial charge in [-0.15, -0.1) is 11.3 Å². The van der Waals surface area contributed by atoms with E-state index in [1.54, 1.807) is 43.5 Å². The minimum absolute atomic E-state index is 0.0295. The normalized spacial score (nSPS) is 16.8. The van der Waals surface area contributed by atoms with Crippen LogP contribution in [0.5, 0.6) is 0 Å². The third-order valence-electron chi connectivity index (χ3n) is 16.6. The van der Waals surface area contributed by atoms with Crippen molar-refractivity contribution in [3.05, 3.63) is 63.6 Å². The number of esters is 1. The van der Waals surface area contributed by atoms with Crippen molar-refractivity contribution in [2.45, 2.75) is 215 Å². The Morgan fingerprint density at radius 3 is 2.06 bits per heavy atom. The Morgan fingerprint density at radius 2 is 1.48 bits per heavy atom. The highest BCUT2D eigenvalue weighted by Crippen LogP contribution is 2.34. The number of carboxylic acids is 1. The molecule has 0 aliphatic carbocycles. The second-order valence-electron chi connectivity index (χ2n) is 25.3. The molecule has 20 nitrogen and oxygen atoms in total. The number of thiazole rings is 1. The zero-order chi connectivity index (χ0) is 64.0. The molecule has 0 unspecified atom stereocenters. The number of aromatic nitrogens is 1. The van der Waals surface area contributed by atoms with Crippen molar-refractivity contribution >= 4 is 76.1 Å². The molecule has 2 aromatic rings. The summed E-state index contributed by atoms with van der Waals surface area (Å²) in [5.74, 6) is -6.01. The second kappa shape index (κ2) is 34.8. The zero-order valence-electron chi connectivity index (χ0n) is 52.8. The first-order chi connectivity index (χ1) is 40.5. The average molecular weight is 1220 g/mol. The molecule has 3 heterocycles. The van der Waals surface area contributed by atoms with Gasteiger partial charge in [-0.05, 0) is 114 Å². The molecule has 86 heavy (non-hydrogen) atoms. The van der Waals surface area contributed by atoms with Crippen LogP contribution in [0.25, 0.3) is 0 Å². The minimum Gasteiger partial charge on any atom is -0.481 e. The van der Waals surface area contributed by atoms with E-state index in [0.29, 0.717) is 55.6 Å². The largest absolute Gasteiger partial charge is 0.481 e. The fraction of sp³-hybridized carbons (Fsp3) is 0.662. The summed E-state index contributed by atoms with van der Waals surface area (Å²) in [5, 5.41) is 18.0. The van der Waals surface area contributed by atoms with Crippen LogP contribution in [0.15, 0.2) is 41.8 Å². The molecular formula is C65H97N7O13S. The number of nitrogens with two attached hydrogens (primary N) is 1. The van der Waals surface area contributed by atoms with Crippen molar-refractivity contribution in [3.8, 4) is 0 Å². The molecule has 4 rings (SSSR count). The van der Waals surface area contributed by atoms with Gasteiger partial charge in [0.2, 0.25) is 17.7 Å². The first kappa shape index (κ1) is 72.0. The third-order valence-corrected chi connectivity index (χ3v) is 17.6. The van der Waals surface area contributed by atoms with Crippen molar-refractivity contribution in [3.63, 3.8) is 0 Å². The summed E-state index contributed by atoms with van der Waals surface area (Å²) in [6.07, 6.45) is 8.47. The molecule has 2 aliphatic rings. The monoisotopic (exact) mass is 1220 g/mol. The van der Waals surface area contributed by atoms with E-state index >= 15 is 0 Å². The number of ketones is 3. The van der Waals surface area contributed by atoms with Crippen LogP contribution in [0, 0.1) is 35.0 Å². The molecule has 476 valence electrons. The second-order valence-corrected chi connectivity index (χ2v) is 26.2. The molecule has 7 atom stereocenters. The number of unbranched alkanes of at least 4 members (excludes halogenated alkanes) is 3. The van der Waals surface area contributed by atoms with Gasteiger partial charge < -0.3 is 31.1 Å². The highest BCUT2D eigenvalue weighted by molar-refractivity contribution is 7.09. The maximum absolute atomic E-state index is 14.7. The number of rotatable bonds is 39. The SMILES string of the molecule is CCCN(C(=O)[C@@H](CC(=O)[C@H]1CCCCN1C)C(C)C)[C@H](C[C@@H](OC(C)=O)c1nc(C(=O)N[C@@H](Cc2ccc(CC(=O)[C@H](CCCCC(N)=O)NC(=O)[C@@H](CC(=O)CCCCCN3C(=O)C=CC3=O)C(C)C)cc2)CC(C)(C)C(=O)O)cs1)C(C)C. The molecule has 0 spiro atoms. The minimum atomic E-state index is -1.27. The number of imide groups is 1. The molecule has 0 saturated carbocycles. The number of ether oxygens (including phenoxy) is 1. The Kier molecular flexibility index (Phi) is 29.1. The van der Waals surface area contributed by atoms with E-state index in [9.17, 15) is 57.8 Å². The van der Waals surface area contributed by atoms with Crippen LogP contribution in [-0.4, -0.2) is 140 Å². The Bertz CT molecular complexity index is 2680. The first-order valence-electron chi connectivity index (χ1n) is 31.0. The number of aliphatic carboxylic acids is 1. The van der Waals surface area contributed by atoms with Crippen molar-refractivity contribution in [1.29, 1.82) is 0 Å². The summed E-state index contributed by atoms with van der Waals surface area (Å²) in [6.45, 7) is 19.5. The summed E-state index contributed by atoms with van der Waals surface area (Å²) in [6, 6.07) is 4.80. The number of nitrogens with zero attached hydrogens (tertiary/aromatic N) is 4. The van der Waals surface area contributed by atoms with Crippen molar-refractivity contribution in [2.24, 2.45) is 40.7 Å². The summed E-state index contributed by atoms with van der Waals surface area (Å²) < 4.78 is 5.92. The molecule has 2 aliphatic heterocycles. The van der Waals surface area contributed by atoms with Crippen molar-refractivity contribution < 1.29 is 62.6 Å². The Balaban J connectivity index is 1.48. The molecule has 21 heteroatoms. The number of Topliss-reactive ketones (excluding diaryl/α,β-unsaturated/α-hetero) is 3. The number of likely N-dealkylation sites (N-methyl/N-ethyl adjacent to an activating group) is 1. The van der Waals surface area contributed by atoms with E-state index < -0.39 is 71.1 Å². The molecule has 1 aromatic heterocycles. The van der Waals surface area contributed by atoms with Gasteiger partial charge in [-0.25, -0.2) is 4.98 Å². The molecule has 1 saturated heterocycles. The molecule has 5 N–H and O–H groups in total. The predicted molar refractivity (Wildman–Crippen MR) is 328 cm³/mol. The van der Waals surface area contributed by atoms with Crippen LogP contribution >= 0.6 is 11.3 Å². The average Bonchev–Trinajstić information content (AvgIpc) is 2.83. The van der Waals surface area contributed by atoms with Crippen molar-refractivity contribution in [2.75, 3.05) is 26.7 Å². The molecule has 0 radical (unpaired) electrons. The molecule has 1 fully saturated rings. The van der Waals surface area contributed by atoms with E-state index in [-0.39, 0.29) is 129 Å². The summed E-state index contributed by atoms with van der Waals surface area (Å²) in [4.78, 5) is 154. The van der Waals surface area contributed by atoms with Gasteiger partial charge in [0.1, 0.15) is 16.5 Å². The molecular weight excluding hydrogens is 1120 g/mol. The van der Waals surface area contributed by atoms with Gasteiger partial charge in [0.25, 0.3) is 17.7 Å². The number of carbonyl (C=O) groups excluding carboxylic acids is 10. The molecule has 6 amide bonds. The highest BCUT2D eigenvalue weighted by Gasteiger charge is 2.39. The van der Waals surface area contributed by atoms with Crippen LogP contribution in [-0.2, 0) is 65.5 Å². The maximum Gasteiger partial charge on any atom is 0.309 e. The van der Waals surface area contributed by atoms with E-state index in [0.717, 1.165) is 47.6 Å². The van der Waals surface area contributed by atoms with Gasteiger partial charge >= 0.3 is 11.9 Å². The van der Waals surface area contributed by atoms with Crippen LogP contribution in [0.3, 0.4) is 0 Å².